The van der Waals surface area contributed by atoms with E-state index in [1.807, 2.05) is 25.1 Å². The van der Waals surface area contributed by atoms with E-state index in [4.69, 9.17) is 17.0 Å². The molecule has 0 radical (unpaired) electrons. The Morgan fingerprint density at radius 2 is 2.26 bits per heavy atom. The molecule has 4 nitrogen and oxygen atoms in total. The second-order valence-electron chi connectivity index (χ2n) is 5.06. The summed E-state index contributed by atoms with van der Waals surface area (Å²) >= 11 is 8.63. The molecule has 19 heavy (non-hydrogen) atoms. The lowest BCUT2D eigenvalue weighted by atomic mass is 9.78. The van der Waals surface area contributed by atoms with Gasteiger partial charge in [0.2, 0.25) is 0 Å². The maximum Gasteiger partial charge on any atom is 0.191 e. The van der Waals surface area contributed by atoms with Crippen molar-refractivity contribution in [2.45, 2.75) is 25.6 Å². The third kappa shape index (κ3) is 1.94. The number of hydrogen-bond acceptors (Lipinski definition) is 3. The predicted octanol–water partition coefficient (Wildman–Crippen LogP) is 2.28. The number of carbonyl (C=O) groups excluding carboxylic acids is 1. The minimum Gasteiger partial charge on any atom is -0.467 e. The summed E-state index contributed by atoms with van der Waals surface area (Å²) in [6.45, 7) is 3.45. The number of nitrogens with one attached hydrogen (secondary N) is 2. The van der Waals surface area contributed by atoms with Crippen molar-refractivity contribution in [1.29, 1.82) is 0 Å². The summed E-state index contributed by atoms with van der Waals surface area (Å²) in [4.78, 5) is 12.0. The first-order valence-electron chi connectivity index (χ1n) is 5.98. The smallest absolute Gasteiger partial charge is 0.191 e. The number of hydrogen-bond donors (Lipinski definition) is 2. The van der Waals surface area contributed by atoms with Crippen LogP contribution >= 0.6 is 28.1 Å². The van der Waals surface area contributed by atoms with Crippen LogP contribution in [0.2, 0.25) is 0 Å². The largest absolute Gasteiger partial charge is 0.467 e. The molecule has 1 fully saturated rings. The van der Waals surface area contributed by atoms with E-state index in [2.05, 4.69) is 26.6 Å². The maximum atomic E-state index is 12.0. The van der Waals surface area contributed by atoms with Gasteiger partial charge in [0, 0.05) is 10.0 Å². The van der Waals surface area contributed by atoms with Gasteiger partial charge in [-0.05, 0) is 38.2 Å². The van der Waals surface area contributed by atoms with Crippen LogP contribution in [0.1, 0.15) is 25.5 Å². The van der Waals surface area contributed by atoms with E-state index >= 15 is 0 Å². The molecular weight excluding hydrogens is 328 g/mol. The number of benzene rings is 1. The Bertz CT molecular complexity index is 592. The lowest BCUT2D eigenvalue weighted by Crippen LogP contribution is -2.69. The van der Waals surface area contributed by atoms with E-state index in [0.29, 0.717) is 5.11 Å². The molecule has 2 N–H and O–H groups in total. The maximum absolute atomic E-state index is 12.0. The van der Waals surface area contributed by atoms with Crippen molar-refractivity contribution in [3.8, 4) is 5.75 Å². The monoisotopic (exact) mass is 340 g/mol. The van der Waals surface area contributed by atoms with Crippen LogP contribution in [0.15, 0.2) is 22.7 Å². The highest BCUT2D eigenvalue weighted by Crippen LogP contribution is 2.45. The van der Waals surface area contributed by atoms with Gasteiger partial charge in [-0.3, -0.25) is 4.79 Å². The first-order valence-corrected chi connectivity index (χ1v) is 7.18. The van der Waals surface area contributed by atoms with Crippen LogP contribution in [0, 0.1) is 5.92 Å². The summed E-state index contributed by atoms with van der Waals surface area (Å²) in [6, 6.07) is 5.66. The van der Waals surface area contributed by atoms with Gasteiger partial charge in [0.1, 0.15) is 17.5 Å². The zero-order valence-electron chi connectivity index (χ0n) is 10.5. The molecule has 0 aromatic heterocycles. The topological polar surface area (TPSA) is 50.4 Å². The van der Waals surface area contributed by atoms with Crippen LogP contribution in [0.25, 0.3) is 0 Å². The molecular formula is C13H13BrN2O2S. The highest BCUT2D eigenvalue weighted by molar-refractivity contribution is 9.10. The number of fused-ring (bicyclic) bond motifs is 4. The molecule has 6 heteroatoms. The zero-order chi connectivity index (χ0) is 13.8. The molecule has 100 valence electrons. The number of ketones is 1. The second kappa shape index (κ2) is 4.18. The molecule has 2 bridgehead atoms. The van der Waals surface area contributed by atoms with Crippen LogP contribution in [-0.4, -0.2) is 16.6 Å². The van der Waals surface area contributed by atoms with Gasteiger partial charge in [0.15, 0.2) is 10.8 Å². The van der Waals surface area contributed by atoms with Crippen molar-refractivity contribution < 1.29 is 9.53 Å². The van der Waals surface area contributed by atoms with Gasteiger partial charge in [-0.25, -0.2) is 0 Å². The van der Waals surface area contributed by atoms with Crippen molar-refractivity contribution in [1.82, 2.24) is 10.6 Å². The standard InChI is InChI=1S/C13H13BrN2O2S/c1-6(17)10-11-8-4-3-7(14)5-9(8)18-13(10,2)16-12(19)15-11/h3-5,10-11H,1-2H3,(H2,15,16,19). The molecule has 0 amide bonds. The number of rotatable bonds is 1. The van der Waals surface area contributed by atoms with Gasteiger partial charge >= 0.3 is 0 Å². The molecule has 1 saturated heterocycles. The molecule has 3 atom stereocenters. The van der Waals surface area contributed by atoms with E-state index in [1.54, 1.807) is 6.92 Å². The van der Waals surface area contributed by atoms with Crippen molar-refractivity contribution >= 4 is 39.0 Å². The summed E-state index contributed by atoms with van der Waals surface area (Å²) in [6.07, 6.45) is 0. The summed E-state index contributed by atoms with van der Waals surface area (Å²) in [7, 11) is 0. The number of ether oxygens (including phenoxy) is 1. The number of halogens is 1. The Balaban J connectivity index is 2.18. The number of carbonyl (C=O) groups is 1. The van der Waals surface area contributed by atoms with E-state index in [1.165, 1.54) is 0 Å². The van der Waals surface area contributed by atoms with Gasteiger partial charge in [-0.1, -0.05) is 22.0 Å². The Morgan fingerprint density at radius 3 is 2.95 bits per heavy atom. The van der Waals surface area contributed by atoms with Crippen LogP contribution in [-0.2, 0) is 4.79 Å². The average Bonchev–Trinajstić information content (AvgIpc) is 2.25. The summed E-state index contributed by atoms with van der Waals surface area (Å²) in [5.74, 6) is 0.526. The van der Waals surface area contributed by atoms with Crippen molar-refractivity contribution in [3.05, 3.63) is 28.2 Å². The molecule has 2 heterocycles. The van der Waals surface area contributed by atoms with E-state index in [0.717, 1.165) is 15.8 Å². The Hall–Kier alpha value is -1.14. The molecule has 2 aliphatic heterocycles. The van der Waals surface area contributed by atoms with E-state index < -0.39 is 5.72 Å². The minimum atomic E-state index is -0.799. The quantitative estimate of drug-likeness (QED) is 0.768. The van der Waals surface area contributed by atoms with Gasteiger partial charge < -0.3 is 15.4 Å². The van der Waals surface area contributed by atoms with Crippen molar-refractivity contribution in [2.75, 3.05) is 0 Å². The average molecular weight is 341 g/mol. The number of Topliss-reactive ketones (excluding diaryl/α,β-unsaturated/α-hetero) is 1. The van der Waals surface area contributed by atoms with Crippen LogP contribution < -0.4 is 15.4 Å². The minimum absolute atomic E-state index is 0.0727. The van der Waals surface area contributed by atoms with Gasteiger partial charge in [-0.15, -0.1) is 0 Å². The summed E-state index contributed by atoms with van der Waals surface area (Å²) in [5, 5.41) is 6.77. The predicted molar refractivity (Wildman–Crippen MR) is 79.0 cm³/mol. The third-order valence-electron chi connectivity index (χ3n) is 3.65. The molecule has 0 saturated carbocycles. The molecule has 1 aromatic carbocycles. The fourth-order valence-corrected chi connectivity index (χ4v) is 3.60. The lowest BCUT2D eigenvalue weighted by molar-refractivity contribution is -0.133. The normalized spacial score (nSPS) is 31.6. The van der Waals surface area contributed by atoms with E-state index in [-0.39, 0.29) is 17.7 Å². The third-order valence-corrected chi connectivity index (χ3v) is 4.36. The molecule has 3 rings (SSSR count). The van der Waals surface area contributed by atoms with Crippen LogP contribution in [0.5, 0.6) is 5.75 Å². The van der Waals surface area contributed by atoms with Crippen LogP contribution in [0.3, 0.4) is 0 Å². The zero-order valence-corrected chi connectivity index (χ0v) is 12.9. The van der Waals surface area contributed by atoms with Crippen molar-refractivity contribution in [3.63, 3.8) is 0 Å². The highest BCUT2D eigenvalue weighted by atomic mass is 79.9. The molecule has 0 spiro atoms. The molecule has 0 aliphatic carbocycles. The molecule has 1 aromatic rings. The summed E-state index contributed by atoms with van der Waals surface area (Å²) < 4.78 is 6.97. The van der Waals surface area contributed by atoms with Crippen LogP contribution in [0.4, 0.5) is 0 Å². The fourth-order valence-electron chi connectivity index (χ4n) is 2.93. The first-order chi connectivity index (χ1) is 8.90. The lowest BCUT2D eigenvalue weighted by Gasteiger charge is -2.50. The Labute approximate surface area is 125 Å². The Morgan fingerprint density at radius 1 is 1.53 bits per heavy atom. The first kappa shape index (κ1) is 12.9. The summed E-state index contributed by atoms with van der Waals surface area (Å²) in [5.41, 5.74) is 0.164. The van der Waals surface area contributed by atoms with Gasteiger partial charge in [0.05, 0.1) is 6.04 Å². The molecule has 2 aliphatic rings. The highest BCUT2D eigenvalue weighted by Gasteiger charge is 2.53. The molecule has 3 unspecified atom stereocenters. The van der Waals surface area contributed by atoms with Gasteiger partial charge in [-0.2, -0.15) is 0 Å². The van der Waals surface area contributed by atoms with Crippen molar-refractivity contribution in [2.24, 2.45) is 5.92 Å². The Kier molecular flexibility index (Phi) is 2.83. The van der Waals surface area contributed by atoms with E-state index in [9.17, 15) is 4.79 Å². The number of thiocarbonyl (C=S) groups is 1. The SMILES string of the molecule is CC(=O)C1C2NC(=S)NC1(C)Oc1cc(Br)ccc12. The van der Waals surface area contributed by atoms with Gasteiger partial charge in [0.25, 0.3) is 0 Å². The second-order valence-corrected chi connectivity index (χ2v) is 6.38. The fraction of sp³-hybridized carbons (Fsp3) is 0.385.